The van der Waals surface area contributed by atoms with Gasteiger partial charge >= 0.3 is 0 Å². The Morgan fingerprint density at radius 3 is 2.54 bits per heavy atom. The van der Waals surface area contributed by atoms with Gasteiger partial charge in [0, 0.05) is 22.1 Å². The Bertz CT molecular complexity index is 1070. The summed E-state index contributed by atoms with van der Waals surface area (Å²) in [6.45, 7) is 12.1. The van der Waals surface area contributed by atoms with Crippen LogP contribution >= 0.6 is 0 Å². The van der Waals surface area contributed by atoms with E-state index in [0.29, 0.717) is 5.56 Å². The molecule has 4 heteroatoms. The maximum atomic E-state index is 14.9. The highest BCUT2D eigenvalue weighted by atomic mass is 19.1. The van der Waals surface area contributed by atoms with Gasteiger partial charge in [0.2, 0.25) is 0 Å². The second-order valence-electron chi connectivity index (χ2n) is 7.82. The predicted octanol–water partition coefficient (Wildman–Crippen LogP) is 5.18. The molecule has 3 aromatic rings. The number of rotatable bonds is 1. The number of aromatic nitrogens is 2. The summed E-state index contributed by atoms with van der Waals surface area (Å²) in [4.78, 5) is 9.61. The minimum Gasteiger partial charge on any atom is -0.283 e. The van der Waals surface area contributed by atoms with Crippen LogP contribution in [-0.2, 0) is 5.41 Å². The number of para-hydroxylation sites is 1. The SMILES string of the molecule is C=Cc1cccc2c1ncn2C1=NC(C)(C)C(C)(C)c2c(F)cccc21. The van der Waals surface area contributed by atoms with E-state index in [9.17, 15) is 4.39 Å². The summed E-state index contributed by atoms with van der Waals surface area (Å²) in [5.74, 6) is 0.539. The fourth-order valence-corrected chi connectivity index (χ4v) is 3.69. The van der Waals surface area contributed by atoms with Crippen molar-refractivity contribution in [3.05, 3.63) is 71.8 Å². The van der Waals surface area contributed by atoms with Gasteiger partial charge in [-0.25, -0.2) is 9.37 Å². The summed E-state index contributed by atoms with van der Waals surface area (Å²) in [7, 11) is 0. The van der Waals surface area contributed by atoms with Crippen molar-refractivity contribution in [1.29, 1.82) is 0 Å². The minimum absolute atomic E-state index is 0.191. The van der Waals surface area contributed by atoms with Crippen molar-refractivity contribution in [1.82, 2.24) is 9.55 Å². The third-order valence-electron chi connectivity index (χ3n) is 5.85. The average Bonchev–Trinajstić information content (AvgIpc) is 3.02. The van der Waals surface area contributed by atoms with E-state index < -0.39 is 11.0 Å². The van der Waals surface area contributed by atoms with Crippen LogP contribution < -0.4 is 0 Å². The lowest BCUT2D eigenvalue weighted by Crippen LogP contribution is -2.47. The van der Waals surface area contributed by atoms with Gasteiger partial charge in [-0.05, 0) is 26.0 Å². The van der Waals surface area contributed by atoms with Crippen LogP contribution in [0.2, 0.25) is 0 Å². The van der Waals surface area contributed by atoms with E-state index >= 15 is 0 Å². The highest BCUT2D eigenvalue weighted by molar-refractivity contribution is 6.07. The molecular formula is C22H22FN3. The molecule has 0 spiro atoms. The number of halogens is 1. The number of hydrogen-bond donors (Lipinski definition) is 0. The Morgan fingerprint density at radius 1 is 1.08 bits per heavy atom. The molecule has 4 rings (SSSR count). The van der Waals surface area contributed by atoms with E-state index in [0.717, 1.165) is 28.0 Å². The van der Waals surface area contributed by atoms with Crippen molar-refractivity contribution < 1.29 is 4.39 Å². The molecule has 0 fully saturated rings. The summed E-state index contributed by atoms with van der Waals surface area (Å²) >= 11 is 0. The van der Waals surface area contributed by atoms with E-state index in [1.54, 1.807) is 18.5 Å². The molecule has 1 aromatic heterocycles. The first-order chi connectivity index (χ1) is 12.3. The van der Waals surface area contributed by atoms with Crippen LogP contribution in [-0.4, -0.2) is 20.9 Å². The molecule has 3 nitrogen and oxygen atoms in total. The van der Waals surface area contributed by atoms with Crippen LogP contribution in [0.4, 0.5) is 4.39 Å². The molecule has 0 amide bonds. The fourth-order valence-electron chi connectivity index (χ4n) is 3.69. The van der Waals surface area contributed by atoms with Gasteiger partial charge < -0.3 is 0 Å². The second kappa shape index (κ2) is 5.37. The van der Waals surface area contributed by atoms with Crippen molar-refractivity contribution in [2.75, 3.05) is 0 Å². The number of imidazole rings is 1. The first-order valence-corrected chi connectivity index (χ1v) is 8.76. The zero-order valence-electron chi connectivity index (χ0n) is 15.5. The lowest BCUT2D eigenvalue weighted by molar-refractivity contribution is 0.292. The minimum atomic E-state index is -0.468. The number of benzene rings is 2. The highest BCUT2D eigenvalue weighted by Crippen LogP contribution is 2.44. The average molecular weight is 347 g/mol. The topological polar surface area (TPSA) is 30.2 Å². The molecule has 0 aliphatic carbocycles. The number of aliphatic imine (C=N–C) groups is 1. The molecule has 0 unspecified atom stereocenters. The van der Waals surface area contributed by atoms with Gasteiger partial charge in [0.25, 0.3) is 0 Å². The van der Waals surface area contributed by atoms with E-state index in [4.69, 9.17) is 4.99 Å². The van der Waals surface area contributed by atoms with Crippen LogP contribution in [0, 0.1) is 5.82 Å². The molecule has 2 aromatic carbocycles. The third kappa shape index (κ3) is 2.11. The lowest BCUT2D eigenvalue weighted by atomic mass is 9.66. The van der Waals surface area contributed by atoms with E-state index in [1.807, 2.05) is 28.8 Å². The molecule has 132 valence electrons. The molecule has 0 bridgehead atoms. The van der Waals surface area contributed by atoms with Crippen LogP contribution in [0.1, 0.15) is 44.4 Å². The summed E-state index contributed by atoms with van der Waals surface area (Å²) in [5.41, 5.74) is 3.40. The molecule has 0 saturated carbocycles. The van der Waals surface area contributed by atoms with Gasteiger partial charge in [0.05, 0.1) is 16.6 Å². The summed E-state index contributed by atoms with van der Waals surface area (Å²) in [6.07, 6.45) is 3.56. The van der Waals surface area contributed by atoms with Gasteiger partial charge in [0.15, 0.2) is 0 Å². The van der Waals surface area contributed by atoms with Gasteiger partial charge in [-0.1, -0.05) is 50.8 Å². The summed E-state index contributed by atoms with van der Waals surface area (Å²) < 4.78 is 16.8. The molecule has 0 atom stereocenters. The van der Waals surface area contributed by atoms with E-state index in [2.05, 4.69) is 39.3 Å². The molecule has 0 N–H and O–H groups in total. The smallest absolute Gasteiger partial charge is 0.141 e. The van der Waals surface area contributed by atoms with Crippen molar-refractivity contribution in [2.45, 2.75) is 38.6 Å². The Hall–Kier alpha value is -2.75. The van der Waals surface area contributed by atoms with E-state index in [-0.39, 0.29) is 5.82 Å². The molecule has 1 aliphatic rings. The normalized spacial score (nSPS) is 17.7. The molecule has 0 saturated heterocycles. The largest absolute Gasteiger partial charge is 0.283 e. The first-order valence-electron chi connectivity index (χ1n) is 8.76. The Kier molecular flexibility index (Phi) is 3.45. The van der Waals surface area contributed by atoms with Crippen molar-refractivity contribution >= 4 is 22.9 Å². The highest BCUT2D eigenvalue weighted by Gasteiger charge is 2.45. The van der Waals surface area contributed by atoms with Crippen molar-refractivity contribution in [2.24, 2.45) is 4.99 Å². The molecule has 26 heavy (non-hydrogen) atoms. The Morgan fingerprint density at radius 2 is 1.81 bits per heavy atom. The van der Waals surface area contributed by atoms with E-state index in [1.165, 1.54) is 6.07 Å². The third-order valence-corrected chi connectivity index (χ3v) is 5.85. The maximum Gasteiger partial charge on any atom is 0.141 e. The number of nitrogens with zero attached hydrogens (tertiary/aromatic N) is 3. The van der Waals surface area contributed by atoms with Crippen molar-refractivity contribution in [3.8, 4) is 0 Å². The fraction of sp³-hybridized carbons (Fsp3) is 0.273. The monoisotopic (exact) mass is 347 g/mol. The van der Waals surface area contributed by atoms with Crippen LogP contribution in [0.25, 0.3) is 17.1 Å². The Labute approximate surface area is 152 Å². The second-order valence-corrected chi connectivity index (χ2v) is 7.82. The quantitative estimate of drug-likeness (QED) is 0.596. The summed E-state index contributed by atoms with van der Waals surface area (Å²) in [5, 5.41) is 0. The van der Waals surface area contributed by atoms with Gasteiger partial charge in [-0.15, -0.1) is 0 Å². The Balaban J connectivity index is 2.06. The molecule has 2 heterocycles. The predicted molar refractivity (Wildman–Crippen MR) is 105 cm³/mol. The first kappa shape index (κ1) is 16.7. The number of fused-ring (bicyclic) bond motifs is 2. The van der Waals surface area contributed by atoms with Gasteiger partial charge in [-0.3, -0.25) is 9.56 Å². The van der Waals surface area contributed by atoms with Crippen LogP contribution in [0.5, 0.6) is 0 Å². The van der Waals surface area contributed by atoms with Crippen LogP contribution in [0.3, 0.4) is 0 Å². The van der Waals surface area contributed by atoms with Gasteiger partial charge in [0.1, 0.15) is 18.0 Å². The molecule has 1 aliphatic heterocycles. The van der Waals surface area contributed by atoms with Crippen molar-refractivity contribution in [3.63, 3.8) is 0 Å². The maximum absolute atomic E-state index is 14.9. The van der Waals surface area contributed by atoms with Gasteiger partial charge in [-0.2, -0.15) is 0 Å². The zero-order valence-corrected chi connectivity index (χ0v) is 15.5. The summed E-state index contributed by atoms with van der Waals surface area (Å²) in [6, 6.07) is 11.2. The zero-order chi connectivity index (χ0) is 18.7. The number of hydrogen-bond acceptors (Lipinski definition) is 2. The standard InChI is InChI=1S/C22H22FN3/c1-6-14-9-7-12-17-19(14)24-13-26(17)20-15-10-8-11-16(23)18(15)21(2,3)22(4,5)25-20/h6-13H,1H2,2-5H3. The lowest BCUT2D eigenvalue weighted by Gasteiger charge is -2.44. The molecular weight excluding hydrogens is 325 g/mol. The molecule has 0 radical (unpaired) electrons. The van der Waals surface area contributed by atoms with Crippen LogP contribution in [0.15, 0.2) is 54.3 Å².